The molecule has 4 rings (SSSR count). The molecule has 0 spiro atoms. The maximum atomic E-state index is 12.2. The topological polar surface area (TPSA) is 215 Å². The Morgan fingerprint density at radius 2 is 1.00 bits per heavy atom. The first-order valence-electron chi connectivity index (χ1n) is 11.2. The van der Waals surface area contributed by atoms with Crippen LogP contribution in [0.5, 0.6) is 0 Å². The lowest BCUT2D eigenvalue weighted by molar-refractivity contribution is 0.0448. The fourth-order valence-corrected chi connectivity index (χ4v) is 3.06. The number of carbonyl (C=O) groups is 1. The molecule has 0 atom stereocenters. The maximum absolute atomic E-state index is 12.2. The van der Waals surface area contributed by atoms with Crippen molar-refractivity contribution < 1.29 is 14.3 Å². The Kier molecular flexibility index (Phi) is 7.98. The van der Waals surface area contributed by atoms with Crippen molar-refractivity contribution in [3.63, 3.8) is 0 Å². The Morgan fingerprint density at radius 1 is 0.605 bits per heavy atom. The zero-order valence-corrected chi connectivity index (χ0v) is 20.1. The third-order valence-electron chi connectivity index (χ3n) is 5.04. The molecule has 2 heterocycles. The number of nitrogen functional groups attached to an aromatic ring is 4. The number of benzene rings is 2. The average molecular weight is 513 g/mol. The molecule has 8 N–H and O–H groups in total. The van der Waals surface area contributed by atoms with Crippen LogP contribution in [-0.4, -0.2) is 16.1 Å². The van der Waals surface area contributed by atoms with Gasteiger partial charge in [0.2, 0.25) is 0 Å². The number of azo groups is 2. The lowest BCUT2D eigenvalue weighted by Crippen LogP contribution is -2.11. The Hall–Kier alpha value is -5.59. The molecule has 4 aromatic rings. The van der Waals surface area contributed by atoms with Gasteiger partial charge < -0.3 is 32.4 Å². The average Bonchev–Trinajstić information content (AvgIpc) is 2.92. The predicted octanol–water partition coefficient (Wildman–Crippen LogP) is 5.49. The molecule has 38 heavy (non-hydrogen) atoms. The number of rotatable bonds is 8. The van der Waals surface area contributed by atoms with E-state index in [4.69, 9.17) is 32.4 Å². The second-order valence-corrected chi connectivity index (χ2v) is 7.77. The number of anilines is 4. The first-order chi connectivity index (χ1) is 18.4. The number of pyridine rings is 2. The van der Waals surface area contributed by atoms with Gasteiger partial charge in [-0.15, -0.1) is 10.2 Å². The standard InChI is InChI=1S/C25H24N10O3/c26-21-15(11-19(23(28)30-21)34-32-17-7-3-1-4-8-17)13-37-25(36)38-14-16-12-20(24(29)31-22(16)27)35-33-18-9-5-2-6-10-18/h1-12H,13-14H2,(H4,26,28,30)(H4,27,29,31). The molecule has 2 aromatic heterocycles. The summed E-state index contributed by atoms with van der Waals surface area (Å²) in [5.74, 6) is 0.323. The fourth-order valence-electron chi connectivity index (χ4n) is 3.06. The van der Waals surface area contributed by atoms with Gasteiger partial charge in [0.25, 0.3) is 0 Å². The Morgan fingerprint density at radius 3 is 1.39 bits per heavy atom. The van der Waals surface area contributed by atoms with E-state index in [1.807, 2.05) is 36.4 Å². The van der Waals surface area contributed by atoms with E-state index in [1.54, 1.807) is 24.3 Å². The van der Waals surface area contributed by atoms with Crippen LogP contribution in [0.2, 0.25) is 0 Å². The highest BCUT2D eigenvalue weighted by Crippen LogP contribution is 2.29. The smallest absolute Gasteiger partial charge is 0.429 e. The van der Waals surface area contributed by atoms with Crippen molar-refractivity contribution in [2.24, 2.45) is 20.5 Å². The van der Waals surface area contributed by atoms with E-state index < -0.39 is 6.16 Å². The zero-order chi connectivity index (χ0) is 26.9. The van der Waals surface area contributed by atoms with Crippen molar-refractivity contribution in [3.8, 4) is 0 Å². The second-order valence-electron chi connectivity index (χ2n) is 7.77. The van der Waals surface area contributed by atoms with Crippen molar-refractivity contribution in [1.29, 1.82) is 0 Å². The summed E-state index contributed by atoms with van der Waals surface area (Å²) in [5, 5.41) is 16.4. The summed E-state index contributed by atoms with van der Waals surface area (Å²) in [7, 11) is 0. The lowest BCUT2D eigenvalue weighted by atomic mass is 10.2. The van der Waals surface area contributed by atoms with Crippen LogP contribution in [0.15, 0.2) is 93.3 Å². The summed E-state index contributed by atoms with van der Waals surface area (Å²) in [6.07, 6.45) is -0.975. The van der Waals surface area contributed by atoms with Crippen LogP contribution in [0.25, 0.3) is 0 Å². The Bertz CT molecular complexity index is 1370. The third kappa shape index (κ3) is 6.75. The van der Waals surface area contributed by atoms with E-state index >= 15 is 0 Å². The number of aromatic nitrogens is 2. The van der Waals surface area contributed by atoms with E-state index in [9.17, 15) is 4.79 Å². The number of hydrogen-bond acceptors (Lipinski definition) is 13. The number of nitrogens with two attached hydrogens (primary N) is 4. The van der Waals surface area contributed by atoms with Gasteiger partial charge in [0.15, 0.2) is 11.6 Å². The van der Waals surface area contributed by atoms with Crippen molar-refractivity contribution in [2.45, 2.75) is 13.2 Å². The molecule has 192 valence electrons. The quantitative estimate of drug-likeness (QED) is 0.173. The van der Waals surface area contributed by atoms with Gasteiger partial charge in [-0.25, -0.2) is 14.8 Å². The van der Waals surface area contributed by atoms with Crippen molar-refractivity contribution in [1.82, 2.24) is 9.97 Å². The highest BCUT2D eigenvalue weighted by molar-refractivity contribution is 5.66. The highest BCUT2D eigenvalue weighted by Gasteiger charge is 2.14. The van der Waals surface area contributed by atoms with Crippen molar-refractivity contribution in [3.05, 3.63) is 83.9 Å². The van der Waals surface area contributed by atoms with E-state index in [0.717, 1.165) is 0 Å². The minimum absolute atomic E-state index is 0.0781. The minimum Gasteiger partial charge on any atom is -0.429 e. The van der Waals surface area contributed by atoms with Crippen LogP contribution >= 0.6 is 0 Å². The molecule has 0 saturated heterocycles. The lowest BCUT2D eigenvalue weighted by Gasteiger charge is -2.11. The van der Waals surface area contributed by atoms with Crippen LogP contribution in [0, 0.1) is 0 Å². The summed E-state index contributed by atoms with van der Waals surface area (Å²) >= 11 is 0. The first kappa shape index (κ1) is 25.5. The molecule has 0 radical (unpaired) electrons. The number of nitrogens with zero attached hydrogens (tertiary/aromatic N) is 6. The molecule has 0 aliphatic carbocycles. The first-order valence-corrected chi connectivity index (χ1v) is 11.2. The number of hydrogen-bond donors (Lipinski definition) is 4. The van der Waals surface area contributed by atoms with Gasteiger partial charge >= 0.3 is 6.16 Å². The second kappa shape index (κ2) is 11.9. The van der Waals surface area contributed by atoms with E-state index in [0.29, 0.717) is 22.5 Å². The predicted molar refractivity (Wildman–Crippen MR) is 142 cm³/mol. The monoisotopic (exact) mass is 512 g/mol. The van der Waals surface area contributed by atoms with Crippen molar-refractivity contribution in [2.75, 3.05) is 22.9 Å². The molecule has 0 unspecified atom stereocenters. The summed E-state index contributed by atoms with van der Waals surface area (Å²) in [4.78, 5) is 20.3. The SMILES string of the molecule is Nc1nc(N)c(N=Nc2ccccc2)cc1COC(=O)OCc1cc(N=Nc2ccccc2)c(N)nc1N. The molecule has 0 saturated carbocycles. The minimum atomic E-state index is -0.975. The molecule has 0 bridgehead atoms. The third-order valence-corrected chi connectivity index (χ3v) is 5.04. The van der Waals surface area contributed by atoms with Gasteiger partial charge in [0.1, 0.15) is 36.2 Å². The summed E-state index contributed by atoms with van der Waals surface area (Å²) in [6.45, 7) is -0.477. The molecule has 2 aromatic carbocycles. The molecule has 0 aliphatic rings. The highest BCUT2D eigenvalue weighted by atomic mass is 16.7. The van der Waals surface area contributed by atoms with E-state index in [-0.39, 0.29) is 47.9 Å². The van der Waals surface area contributed by atoms with Crippen molar-refractivity contribution >= 4 is 52.2 Å². The van der Waals surface area contributed by atoms with Gasteiger partial charge in [-0.3, -0.25) is 0 Å². The van der Waals surface area contributed by atoms with Gasteiger partial charge in [-0.2, -0.15) is 10.2 Å². The Labute approximate surface area is 217 Å². The van der Waals surface area contributed by atoms with Gasteiger partial charge in [0.05, 0.1) is 11.4 Å². The van der Waals surface area contributed by atoms with E-state index in [1.165, 1.54) is 12.1 Å². The maximum Gasteiger partial charge on any atom is 0.508 e. The summed E-state index contributed by atoms with van der Waals surface area (Å²) in [6, 6.07) is 21.2. The molecule has 0 amide bonds. The molecule has 13 heteroatoms. The molecule has 0 aliphatic heterocycles. The van der Waals surface area contributed by atoms with Crippen LogP contribution in [0.4, 0.5) is 50.8 Å². The van der Waals surface area contributed by atoms with Gasteiger partial charge in [0, 0.05) is 11.1 Å². The molecular formula is C25H24N10O3. The molecule has 0 fully saturated rings. The zero-order valence-electron chi connectivity index (χ0n) is 20.1. The number of carbonyl (C=O) groups excluding carboxylic acids is 1. The largest absolute Gasteiger partial charge is 0.508 e. The van der Waals surface area contributed by atoms with Crippen LogP contribution in [0.3, 0.4) is 0 Å². The van der Waals surface area contributed by atoms with Gasteiger partial charge in [-0.05, 0) is 36.4 Å². The van der Waals surface area contributed by atoms with Gasteiger partial charge in [-0.1, -0.05) is 36.4 Å². The summed E-state index contributed by atoms with van der Waals surface area (Å²) in [5.41, 5.74) is 26.2. The molecule has 13 nitrogen and oxygen atoms in total. The van der Waals surface area contributed by atoms with Crippen LogP contribution in [-0.2, 0) is 22.7 Å². The molecular weight excluding hydrogens is 488 g/mol. The van der Waals surface area contributed by atoms with E-state index in [2.05, 4.69) is 30.4 Å². The normalized spacial score (nSPS) is 11.2. The Balaban J connectivity index is 1.38. The number of ether oxygens (including phenoxy) is 2. The van der Waals surface area contributed by atoms with Crippen LogP contribution in [0.1, 0.15) is 11.1 Å². The summed E-state index contributed by atoms with van der Waals surface area (Å²) < 4.78 is 10.3. The fraction of sp³-hybridized carbons (Fsp3) is 0.0800. The van der Waals surface area contributed by atoms with Crippen LogP contribution < -0.4 is 22.9 Å².